The van der Waals surface area contributed by atoms with E-state index < -0.39 is 0 Å². The smallest absolute Gasteiger partial charge is 0.325 e. The Kier molecular flexibility index (Phi) is 6.01. The fourth-order valence-corrected chi connectivity index (χ4v) is 4.82. The number of thioether (sulfide) groups is 1. The van der Waals surface area contributed by atoms with E-state index in [9.17, 15) is 4.79 Å². The number of ether oxygens (including phenoxy) is 1. The van der Waals surface area contributed by atoms with Crippen molar-refractivity contribution in [3.63, 3.8) is 0 Å². The first-order valence-corrected chi connectivity index (χ1v) is 10.6. The van der Waals surface area contributed by atoms with Gasteiger partial charge in [0.05, 0.1) is 11.9 Å². The number of esters is 1. The summed E-state index contributed by atoms with van der Waals surface area (Å²) in [6.45, 7) is 2.44. The third-order valence-electron chi connectivity index (χ3n) is 4.81. The number of rotatable bonds is 7. The van der Waals surface area contributed by atoms with E-state index in [-0.39, 0.29) is 17.8 Å². The summed E-state index contributed by atoms with van der Waals surface area (Å²) in [7, 11) is 0. The van der Waals surface area contributed by atoms with Crippen molar-refractivity contribution in [2.24, 2.45) is 0 Å². The summed E-state index contributed by atoms with van der Waals surface area (Å²) in [5, 5.41) is 1.32. The van der Waals surface area contributed by atoms with Gasteiger partial charge in [-0.1, -0.05) is 78.9 Å². The van der Waals surface area contributed by atoms with E-state index in [4.69, 9.17) is 4.74 Å². The Morgan fingerprint density at radius 2 is 1.48 bits per heavy atom. The van der Waals surface area contributed by atoms with Crippen LogP contribution in [0.25, 0.3) is 10.9 Å². The van der Waals surface area contributed by atoms with Gasteiger partial charge >= 0.3 is 5.97 Å². The van der Waals surface area contributed by atoms with Gasteiger partial charge in [-0.15, -0.1) is 11.8 Å². The third kappa shape index (κ3) is 4.38. The molecule has 4 rings (SSSR count). The lowest BCUT2D eigenvalue weighted by molar-refractivity contribution is -0.143. The molecule has 1 heterocycles. The van der Waals surface area contributed by atoms with Crippen molar-refractivity contribution in [2.45, 2.75) is 23.6 Å². The largest absolute Gasteiger partial charge is 0.465 e. The third-order valence-corrected chi connectivity index (χ3v) is 6.17. The van der Waals surface area contributed by atoms with Gasteiger partial charge < -0.3 is 9.30 Å². The van der Waals surface area contributed by atoms with Gasteiger partial charge in [-0.25, -0.2) is 0 Å². The zero-order valence-electron chi connectivity index (χ0n) is 16.3. The van der Waals surface area contributed by atoms with Crippen LogP contribution in [0.3, 0.4) is 0 Å². The van der Waals surface area contributed by atoms with Crippen molar-refractivity contribution in [3.05, 3.63) is 102 Å². The van der Waals surface area contributed by atoms with E-state index in [0.29, 0.717) is 6.61 Å². The molecule has 0 N–H and O–H groups in total. The number of nitrogens with zero attached hydrogens (tertiary/aromatic N) is 1. The molecular weight excluding hydrogens is 378 g/mol. The molecule has 29 heavy (non-hydrogen) atoms. The van der Waals surface area contributed by atoms with E-state index in [0.717, 1.165) is 15.8 Å². The first-order valence-electron chi connectivity index (χ1n) is 9.76. The SMILES string of the molecule is CCOC(=O)Cn1cc(SC(c2ccccc2)c2ccccc2)c2ccccc21. The molecule has 1 aromatic heterocycles. The van der Waals surface area contributed by atoms with Crippen molar-refractivity contribution in [3.8, 4) is 0 Å². The minimum atomic E-state index is -0.215. The topological polar surface area (TPSA) is 31.2 Å². The van der Waals surface area contributed by atoms with E-state index in [1.807, 2.05) is 47.5 Å². The van der Waals surface area contributed by atoms with E-state index in [1.165, 1.54) is 11.1 Å². The highest BCUT2D eigenvalue weighted by atomic mass is 32.2. The van der Waals surface area contributed by atoms with Crippen LogP contribution in [-0.4, -0.2) is 17.1 Å². The van der Waals surface area contributed by atoms with Crippen molar-refractivity contribution in [1.82, 2.24) is 4.57 Å². The van der Waals surface area contributed by atoms with Crippen molar-refractivity contribution in [2.75, 3.05) is 6.61 Å². The summed E-state index contributed by atoms with van der Waals surface area (Å²) in [6.07, 6.45) is 2.07. The normalized spacial score (nSPS) is 11.1. The van der Waals surface area contributed by atoms with Crippen molar-refractivity contribution in [1.29, 1.82) is 0 Å². The van der Waals surface area contributed by atoms with Crippen LogP contribution in [-0.2, 0) is 16.1 Å². The quantitative estimate of drug-likeness (QED) is 0.277. The molecule has 0 saturated carbocycles. The van der Waals surface area contributed by atoms with E-state index in [2.05, 4.69) is 66.9 Å². The highest BCUT2D eigenvalue weighted by Crippen LogP contribution is 2.43. The first kappa shape index (κ1) is 19.3. The standard InChI is InChI=1S/C25H23NO2S/c1-2-28-24(27)18-26-17-23(21-15-9-10-16-22(21)26)29-25(19-11-5-3-6-12-19)20-13-7-4-8-14-20/h3-17,25H,2,18H2,1H3. The molecule has 0 aliphatic heterocycles. The second-order valence-electron chi connectivity index (χ2n) is 6.76. The fraction of sp³-hybridized carbons (Fsp3) is 0.160. The molecule has 0 aliphatic rings. The lowest BCUT2D eigenvalue weighted by Crippen LogP contribution is -2.12. The summed E-state index contributed by atoms with van der Waals surface area (Å²) in [6, 6.07) is 29.3. The first-order chi connectivity index (χ1) is 14.3. The highest BCUT2D eigenvalue weighted by Gasteiger charge is 2.19. The second kappa shape index (κ2) is 9.01. The van der Waals surface area contributed by atoms with Crippen molar-refractivity contribution >= 4 is 28.6 Å². The van der Waals surface area contributed by atoms with Gasteiger partial charge in [0, 0.05) is 22.0 Å². The molecular formula is C25H23NO2S. The maximum Gasteiger partial charge on any atom is 0.325 e. The number of carbonyl (C=O) groups is 1. The van der Waals surface area contributed by atoms with Crippen LogP contribution in [0.1, 0.15) is 23.3 Å². The molecule has 0 fully saturated rings. The molecule has 0 radical (unpaired) electrons. The zero-order valence-corrected chi connectivity index (χ0v) is 17.1. The number of hydrogen-bond acceptors (Lipinski definition) is 3. The van der Waals surface area contributed by atoms with Gasteiger partial charge in [0.1, 0.15) is 6.54 Å². The number of aromatic nitrogens is 1. The summed E-state index contributed by atoms with van der Waals surface area (Å²) < 4.78 is 7.15. The molecule has 0 unspecified atom stereocenters. The molecule has 0 saturated heterocycles. The Morgan fingerprint density at radius 1 is 0.897 bits per heavy atom. The summed E-state index contributed by atoms with van der Waals surface area (Å²) in [4.78, 5) is 13.2. The molecule has 4 aromatic rings. The lowest BCUT2D eigenvalue weighted by atomic mass is 10.0. The van der Waals surface area contributed by atoms with Crippen LogP contribution in [0.5, 0.6) is 0 Å². The predicted molar refractivity (Wildman–Crippen MR) is 119 cm³/mol. The number of fused-ring (bicyclic) bond motifs is 1. The van der Waals surface area contributed by atoms with Gasteiger partial charge in [0.25, 0.3) is 0 Å². The average Bonchev–Trinajstić information content (AvgIpc) is 3.11. The van der Waals surface area contributed by atoms with Gasteiger partial charge in [-0.3, -0.25) is 4.79 Å². The van der Waals surface area contributed by atoms with Crippen LogP contribution >= 0.6 is 11.8 Å². The molecule has 0 spiro atoms. The molecule has 4 heteroatoms. The molecule has 0 atom stereocenters. The Hall–Kier alpha value is -2.98. The molecule has 0 bridgehead atoms. The fourth-order valence-electron chi connectivity index (χ4n) is 3.49. The van der Waals surface area contributed by atoms with E-state index >= 15 is 0 Å². The molecule has 0 amide bonds. The highest BCUT2D eigenvalue weighted by molar-refractivity contribution is 8.00. The van der Waals surface area contributed by atoms with E-state index in [1.54, 1.807) is 0 Å². The number of hydrogen-bond donors (Lipinski definition) is 0. The summed E-state index contributed by atoms with van der Waals surface area (Å²) in [5.74, 6) is -0.215. The number of para-hydroxylation sites is 1. The predicted octanol–water partition coefficient (Wildman–Crippen LogP) is 6.09. The van der Waals surface area contributed by atoms with Gasteiger partial charge in [-0.2, -0.15) is 0 Å². The van der Waals surface area contributed by atoms with Gasteiger partial charge in [0.2, 0.25) is 0 Å². The monoisotopic (exact) mass is 401 g/mol. The summed E-state index contributed by atoms with van der Waals surface area (Å²) in [5.41, 5.74) is 3.56. The molecule has 3 nitrogen and oxygen atoms in total. The van der Waals surface area contributed by atoms with Crippen LogP contribution < -0.4 is 0 Å². The minimum absolute atomic E-state index is 0.166. The average molecular weight is 402 g/mol. The van der Waals surface area contributed by atoms with Crippen LogP contribution in [0, 0.1) is 0 Å². The molecule has 3 aromatic carbocycles. The summed E-state index contributed by atoms with van der Waals surface area (Å²) >= 11 is 1.81. The Labute approximate surface area is 175 Å². The molecule has 0 aliphatic carbocycles. The zero-order chi connectivity index (χ0) is 20.1. The number of carbonyl (C=O) groups excluding carboxylic acids is 1. The minimum Gasteiger partial charge on any atom is -0.465 e. The van der Waals surface area contributed by atoms with Crippen LogP contribution in [0.4, 0.5) is 0 Å². The Morgan fingerprint density at radius 3 is 2.10 bits per heavy atom. The molecule has 146 valence electrons. The Balaban J connectivity index is 1.74. The number of benzene rings is 3. The second-order valence-corrected chi connectivity index (χ2v) is 7.91. The lowest BCUT2D eigenvalue weighted by Gasteiger charge is -2.17. The maximum absolute atomic E-state index is 12.1. The Bertz CT molecular complexity index is 1050. The van der Waals surface area contributed by atoms with Gasteiger partial charge in [0.15, 0.2) is 0 Å². The van der Waals surface area contributed by atoms with Crippen molar-refractivity contribution < 1.29 is 9.53 Å². The van der Waals surface area contributed by atoms with Crippen LogP contribution in [0.15, 0.2) is 96.0 Å². The maximum atomic E-state index is 12.1. The van der Waals surface area contributed by atoms with Crippen LogP contribution in [0.2, 0.25) is 0 Å². The van der Waals surface area contributed by atoms with Gasteiger partial charge in [-0.05, 0) is 24.1 Å².